The van der Waals surface area contributed by atoms with Gasteiger partial charge in [-0.05, 0) is 47.9 Å². The third kappa shape index (κ3) is 4.72. The van der Waals surface area contributed by atoms with Crippen molar-refractivity contribution in [2.75, 3.05) is 6.54 Å². The van der Waals surface area contributed by atoms with E-state index < -0.39 is 5.41 Å². The Bertz CT molecular complexity index is 717. The van der Waals surface area contributed by atoms with Crippen molar-refractivity contribution in [2.24, 2.45) is 5.92 Å². The molecule has 0 heterocycles. The molecule has 0 aliphatic carbocycles. The second-order valence-corrected chi connectivity index (χ2v) is 8.09. The summed E-state index contributed by atoms with van der Waals surface area (Å²) < 4.78 is 0. The summed E-state index contributed by atoms with van der Waals surface area (Å²) in [7, 11) is 0. The highest BCUT2D eigenvalue weighted by atomic mass is 16.2. The molecule has 0 aliphatic heterocycles. The van der Waals surface area contributed by atoms with Crippen LogP contribution in [-0.2, 0) is 10.2 Å². The minimum atomic E-state index is -0.535. The minimum Gasteiger partial charge on any atom is -0.355 e. The van der Waals surface area contributed by atoms with E-state index in [-0.39, 0.29) is 7.33 Å². The van der Waals surface area contributed by atoms with Crippen LogP contribution in [0.4, 0.5) is 0 Å². The zero-order chi connectivity index (χ0) is 18.6. The van der Waals surface area contributed by atoms with Gasteiger partial charge in [0.1, 0.15) is 0 Å². The van der Waals surface area contributed by atoms with Gasteiger partial charge in [-0.15, -0.1) is 0 Å². The molecular weight excluding hydrogens is 306 g/mol. The Morgan fingerprint density at radius 3 is 2.20 bits per heavy atom. The van der Waals surface area contributed by atoms with Crippen LogP contribution in [0.1, 0.15) is 60.0 Å². The number of amides is 1. The maximum Gasteiger partial charge on any atom is 0.230 e. The summed E-state index contributed by atoms with van der Waals surface area (Å²) in [6, 6.07) is 17.1. The molecule has 0 spiro atoms. The zero-order valence-electron chi connectivity index (χ0n) is 16.4. The average Bonchev–Trinajstić information content (AvgIpc) is 2.59. The van der Waals surface area contributed by atoms with E-state index in [1.165, 1.54) is 16.7 Å². The second kappa shape index (κ2) is 7.86. The summed E-state index contributed by atoms with van der Waals surface area (Å²) in [5.74, 6) is 1.05. The SMILES string of the molecule is CC(C)CNC(=O)C(C)(C)c1ccc(-c2cccc(C(C)C)c2)cc1.[HH]. The first kappa shape index (κ1) is 19.2. The maximum absolute atomic E-state index is 12.5. The van der Waals surface area contributed by atoms with Crippen LogP contribution in [0.3, 0.4) is 0 Å². The summed E-state index contributed by atoms with van der Waals surface area (Å²) in [5, 5.41) is 3.05. The van der Waals surface area contributed by atoms with Gasteiger partial charge < -0.3 is 5.32 Å². The number of benzene rings is 2. The second-order valence-electron chi connectivity index (χ2n) is 8.09. The normalized spacial score (nSPS) is 11.8. The van der Waals surface area contributed by atoms with Gasteiger partial charge in [0.2, 0.25) is 5.91 Å². The molecule has 2 aromatic carbocycles. The van der Waals surface area contributed by atoms with Gasteiger partial charge in [0.25, 0.3) is 0 Å². The van der Waals surface area contributed by atoms with Crippen LogP contribution in [0.5, 0.6) is 0 Å². The molecule has 25 heavy (non-hydrogen) atoms. The Morgan fingerprint density at radius 1 is 1.00 bits per heavy atom. The van der Waals surface area contributed by atoms with E-state index in [1.807, 2.05) is 13.8 Å². The molecule has 2 aromatic rings. The van der Waals surface area contributed by atoms with Gasteiger partial charge >= 0.3 is 0 Å². The summed E-state index contributed by atoms with van der Waals surface area (Å²) in [6.07, 6.45) is 0. The highest BCUT2D eigenvalue weighted by molar-refractivity contribution is 5.87. The standard InChI is InChI=1S/C23H31NO.H2/c1-16(2)15-24-22(25)23(5,6)21-12-10-18(11-13-21)20-9-7-8-19(14-20)17(3)4;/h7-14,16-17H,15H2,1-6H3,(H,24,25);1H. The monoisotopic (exact) mass is 339 g/mol. The largest absolute Gasteiger partial charge is 0.355 e. The van der Waals surface area contributed by atoms with Crippen LogP contribution < -0.4 is 5.32 Å². The molecule has 136 valence electrons. The van der Waals surface area contributed by atoms with E-state index in [2.05, 4.69) is 81.5 Å². The van der Waals surface area contributed by atoms with Crippen LogP contribution in [0.2, 0.25) is 0 Å². The molecule has 2 rings (SSSR count). The summed E-state index contributed by atoms with van der Waals surface area (Å²) in [5.41, 5.74) is 4.25. The molecule has 0 bridgehead atoms. The lowest BCUT2D eigenvalue weighted by atomic mass is 9.83. The smallest absolute Gasteiger partial charge is 0.230 e. The quantitative estimate of drug-likeness (QED) is 0.711. The molecule has 0 atom stereocenters. The Hall–Kier alpha value is -2.09. The third-order valence-corrected chi connectivity index (χ3v) is 4.73. The van der Waals surface area contributed by atoms with Crippen LogP contribution in [0.15, 0.2) is 48.5 Å². The van der Waals surface area contributed by atoms with E-state index in [1.54, 1.807) is 0 Å². The van der Waals surface area contributed by atoms with Crippen molar-refractivity contribution < 1.29 is 6.22 Å². The van der Waals surface area contributed by atoms with E-state index in [0.717, 1.165) is 5.56 Å². The molecule has 2 heteroatoms. The summed E-state index contributed by atoms with van der Waals surface area (Å²) in [4.78, 5) is 12.5. The van der Waals surface area contributed by atoms with Gasteiger partial charge in [0.15, 0.2) is 0 Å². The molecule has 0 aliphatic rings. The Kier molecular flexibility index (Phi) is 6.05. The fraction of sp³-hybridized carbons (Fsp3) is 0.435. The molecule has 0 aromatic heterocycles. The first-order valence-electron chi connectivity index (χ1n) is 9.21. The molecule has 0 unspecified atom stereocenters. The number of carbonyl (C=O) groups excluding carboxylic acids is 1. The van der Waals surface area contributed by atoms with Crippen molar-refractivity contribution in [1.82, 2.24) is 5.32 Å². The van der Waals surface area contributed by atoms with Crippen LogP contribution in [0, 0.1) is 5.92 Å². The summed E-state index contributed by atoms with van der Waals surface area (Å²) >= 11 is 0. The predicted octanol–water partition coefficient (Wildman–Crippen LogP) is 5.77. The number of nitrogens with one attached hydrogen (secondary N) is 1. The summed E-state index contributed by atoms with van der Waals surface area (Å²) in [6.45, 7) is 13.3. The van der Waals surface area contributed by atoms with E-state index in [0.29, 0.717) is 18.4 Å². The lowest BCUT2D eigenvalue weighted by Crippen LogP contribution is -2.41. The van der Waals surface area contributed by atoms with Gasteiger partial charge in [-0.2, -0.15) is 0 Å². The van der Waals surface area contributed by atoms with Crippen molar-refractivity contribution in [3.05, 3.63) is 59.7 Å². The van der Waals surface area contributed by atoms with Crippen molar-refractivity contribution >= 4 is 5.91 Å². The molecule has 0 saturated carbocycles. The van der Waals surface area contributed by atoms with E-state index in [9.17, 15) is 4.79 Å². The molecule has 2 nitrogen and oxygen atoms in total. The third-order valence-electron chi connectivity index (χ3n) is 4.73. The molecule has 0 radical (unpaired) electrons. The lowest BCUT2D eigenvalue weighted by Gasteiger charge is -2.25. The zero-order valence-corrected chi connectivity index (χ0v) is 16.4. The van der Waals surface area contributed by atoms with Crippen LogP contribution >= 0.6 is 0 Å². The van der Waals surface area contributed by atoms with Crippen molar-refractivity contribution in [3.8, 4) is 11.1 Å². The van der Waals surface area contributed by atoms with Crippen LogP contribution in [0.25, 0.3) is 11.1 Å². The predicted molar refractivity (Wildman–Crippen MR) is 109 cm³/mol. The topological polar surface area (TPSA) is 29.1 Å². The molecule has 1 N–H and O–H groups in total. The first-order valence-corrected chi connectivity index (χ1v) is 9.21. The molecule has 0 fully saturated rings. The van der Waals surface area contributed by atoms with E-state index in [4.69, 9.17) is 0 Å². The average molecular weight is 340 g/mol. The van der Waals surface area contributed by atoms with Crippen molar-refractivity contribution in [2.45, 2.75) is 52.9 Å². The molecule has 0 saturated heterocycles. The number of carbonyl (C=O) groups is 1. The Labute approximate surface area is 154 Å². The highest BCUT2D eigenvalue weighted by Crippen LogP contribution is 2.28. The van der Waals surface area contributed by atoms with Gasteiger partial charge in [-0.25, -0.2) is 0 Å². The van der Waals surface area contributed by atoms with E-state index >= 15 is 0 Å². The Balaban J connectivity index is 0.00000338. The van der Waals surface area contributed by atoms with Gasteiger partial charge in [0.05, 0.1) is 5.41 Å². The minimum absolute atomic E-state index is 0. The van der Waals surface area contributed by atoms with Gasteiger partial charge in [-0.1, -0.05) is 76.2 Å². The van der Waals surface area contributed by atoms with Crippen molar-refractivity contribution in [1.29, 1.82) is 0 Å². The van der Waals surface area contributed by atoms with Crippen LogP contribution in [-0.4, -0.2) is 12.5 Å². The number of rotatable bonds is 6. The molecule has 1 amide bonds. The Morgan fingerprint density at radius 2 is 1.64 bits per heavy atom. The fourth-order valence-electron chi connectivity index (χ4n) is 2.81. The number of hydrogen-bond donors (Lipinski definition) is 1. The van der Waals surface area contributed by atoms with Crippen molar-refractivity contribution in [3.63, 3.8) is 0 Å². The van der Waals surface area contributed by atoms with Gasteiger partial charge in [-0.3, -0.25) is 4.79 Å². The highest BCUT2D eigenvalue weighted by Gasteiger charge is 2.29. The first-order chi connectivity index (χ1) is 11.7. The fourth-order valence-corrected chi connectivity index (χ4v) is 2.81. The molecular formula is C23H33NO. The lowest BCUT2D eigenvalue weighted by molar-refractivity contribution is -0.125. The number of hydrogen-bond acceptors (Lipinski definition) is 1. The van der Waals surface area contributed by atoms with Gasteiger partial charge in [0, 0.05) is 7.97 Å². The maximum atomic E-state index is 12.5.